The number of carbonyl (C=O) groups is 1. The second-order valence-corrected chi connectivity index (χ2v) is 3.12. The molecule has 1 amide bonds. The maximum Gasteiger partial charge on any atom is 0.250 e. The van der Waals surface area contributed by atoms with Gasteiger partial charge in [0.15, 0.2) is 0 Å². The number of amides is 1. The second-order valence-electron chi connectivity index (χ2n) is 3.12. The molecular weight excluding hydrogens is 144 g/mol. The van der Waals surface area contributed by atoms with E-state index in [1.165, 1.54) is 7.11 Å². The number of nitrogens with one attached hydrogen (secondary N) is 2. The summed E-state index contributed by atoms with van der Waals surface area (Å²) < 4.78 is 0. The zero-order chi connectivity index (χ0) is 8.32. The van der Waals surface area contributed by atoms with E-state index in [0.717, 1.165) is 19.5 Å². The number of hydrogen-bond acceptors (Lipinski definition) is 3. The van der Waals surface area contributed by atoms with E-state index >= 15 is 0 Å². The number of rotatable bonds is 2. The molecule has 0 aromatic rings. The van der Waals surface area contributed by atoms with Crippen molar-refractivity contribution in [2.24, 2.45) is 5.41 Å². The molecule has 0 aliphatic carbocycles. The molecule has 0 bridgehead atoms. The van der Waals surface area contributed by atoms with Crippen LogP contribution in [-0.4, -0.2) is 26.1 Å². The Hall–Kier alpha value is -0.610. The third kappa shape index (κ3) is 1.70. The van der Waals surface area contributed by atoms with Crippen molar-refractivity contribution < 1.29 is 9.63 Å². The van der Waals surface area contributed by atoms with Crippen LogP contribution in [0.5, 0.6) is 0 Å². The van der Waals surface area contributed by atoms with E-state index in [9.17, 15) is 4.79 Å². The second kappa shape index (κ2) is 3.19. The summed E-state index contributed by atoms with van der Waals surface area (Å²) in [5.74, 6) is -0.0370. The fourth-order valence-electron chi connectivity index (χ4n) is 1.23. The van der Waals surface area contributed by atoms with Gasteiger partial charge in [0, 0.05) is 6.54 Å². The predicted molar refractivity (Wildman–Crippen MR) is 40.7 cm³/mol. The smallest absolute Gasteiger partial charge is 0.250 e. The van der Waals surface area contributed by atoms with Crippen molar-refractivity contribution in [2.75, 3.05) is 20.2 Å². The quantitative estimate of drug-likeness (QED) is 0.541. The minimum absolute atomic E-state index is 0.0370. The maximum atomic E-state index is 11.3. The summed E-state index contributed by atoms with van der Waals surface area (Å²) >= 11 is 0. The normalized spacial score (nSPS) is 30.4. The van der Waals surface area contributed by atoms with Gasteiger partial charge in [-0.25, -0.2) is 5.48 Å². The lowest BCUT2D eigenvalue weighted by Crippen LogP contribution is -2.39. The van der Waals surface area contributed by atoms with Crippen LogP contribution in [0.4, 0.5) is 0 Å². The Kier molecular flexibility index (Phi) is 2.46. The Labute approximate surface area is 66.3 Å². The van der Waals surface area contributed by atoms with Gasteiger partial charge in [0.25, 0.3) is 5.91 Å². The minimum atomic E-state index is -0.282. The molecule has 0 aromatic carbocycles. The highest BCUT2D eigenvalue weighted by Gasteiger charge is 2.36. The van der Waals surface area contributed by atoms with Crippen molar-refractivity contribution in [3.63, 3.8) is 0 Å². The van der Waals surface area contributed by atoms with Gasteiger partial charge >= 0.3 is 0 Å². The van der Waals surface area contributed by atoms with E-state index in [1.807, 2.05) is 6.92 Å². The van der Waals surface area contributed by atoms with Crippen LogP contribution in [0.25, 0.3) is 0 Å². The third-order valence-electron chi connectivity index (χ3n) is 2.11. The van der Waals surface area contributed by atoms with E-state index in [4.69, 9.17) is 0 Å². The van der Waals surface area contributed by atoms with E-state index in [2.05, 4.69) is 15.6 Å². The first-order valence-corrected chi connectivity index (χ1v) is 3.73. The van der Waals surface area contributed by atoms with Gasteiger partial charge in [-0.2, -0.15) is 0 Å². The molecule has 0 saturated carbocycles. The van der Waals surface area contributed by atoms with Crippen LogP contribution in [0.15, 0.2) is 0 Å². The van der Waals surface area contributed by atoms with Crippen LogP contribution in [0.2, 0.25) is 0 Å². The van der Waals surface area contributed by atoms with Crippen molar-refractivity contribution in [3.8, 4) is 0 Å². The number of hydrogen-bond donors (Lipinski definition) is 2. The molecule has 64 valence electrons. The average molecular weight is 158 g/mol. The Morgan fingerprint density at radius 1 is 1.73 bits per heavy atom. The largest absolute Gasteiger partial charge is 0.316 e. The van der Waals surface area contributed by atoms with Crippen LogP contribution in [-0.2, 0) is 9.63 Å². The molecule has 1 saturated heterocycles. The summed E-state index contributed by atoms with van der Waals surface area (Å²) in [4.78, 5) is 15.8. The SMILES string of the molecule is CONC(=O)C1(C)CCNC1. The van der Waals surface area contributed by atoms with Gasteiger partial charge in [0.1, 0.15) is 0 Å². The lowest BCUT2D eigenvalue weighted by molar-refractivity contribution is -0.140. The van der Waals surface area contributed by atoms with Crippen molar-refractivity contribution in [3.05, 3.63) is 0 Å². The monoisotopic (exact) mass is 158 g/mol. The zero-order valence-electron chi connectivity index (χ0n) is 6.94. The van der Waals surface area contributed by atoms with E-state index in [1.54, 1.807) is 0 Å². The summed E-state index contributed by atoms with van der Waals surface area (Å²) in [6.45, 7) is 3.58. The van der Waals surface area contributed by atoms with Crippen LogP contribution in [0.3, 0.4) is 0 Å². The highest BCUT2D eigenvalue weighted by molar-refractivity contribution is 5.81. The number of hydroxylamine groups is 1. The first kappa shape index (κ1) is 8.49. The third-order valence-corrected chi connectivity index (χ3v) is 2.11. The Balaban J connectivity index is 2.49. The topological polar surface area (TPSA) is 50.4 Å². The van der Waals surface area contributed by atoms with Gasteiger partial charge in [0.2, 0.25) is 0 Å². The molecule has 0 radical (unpaired) electrons. The summed E-state index contributed by atoms with van der Waals surface area (Å²) in [5.41, 5.74) is 2.07. The molecule has 1 aliphatic rings. The number of carbonyl (C=O) groups excluding carboxylic acids is 1. The molecule has 4 nitrogen and oxygen atoms in total. The molecule has 4 heteroatoms. The molecule has 0 aromatic heterocycles. The summed E-state index contributed by atoms with van der Waals surface area (Å²) in [6.07, 6.45) is 0.877. The van der Waals surface area contributed by atoms with Gasteiger partial charge in [0.05, 0.1) is 12.5 Å². The maximum absolute atomic E-state index is 11.3. The molecule has 1 heterocycles. The molecule has 1 rings (SSSR count). The Morgan fingerprint density at radius 2 is 2.45 bits per heavy atom. The summed E-state index contributed by atoms with van der Waals surface area (Å²) in [6, 6.07) is 0. The van der Waals surface area contributed by atoms with Crippen molar-refractivity contribution >= 4 is 5.91 Å². The van der Waals surface area contributed by atoms with Crippen LogP contribution < -0.4 is 10.8 Å². The molecule has 1 atom stereocenters. The van der Waals surface area contributed by atoms with Gasteiger partial charge in [-0.3, -0.25) is 9.63 Å². The van der Waals surface area contributed by atoms with Crippen LogP contribution >= 0.6 is 0 Å². The van der Waals surface area contributed by atoms with Gasteiger partial charge in [-0.05, 0) is 19.9 Å². The van der Waals surface area contributed by atoms with Crippen molar-refractivity contribution in [2.45, 2.75) is 13.3 Å². The molecule has 1 fully saturated rings. The Morgan fingerprint density at radius 3 is 2.91 bits per heavy atom. The first-order valence-electron chi connectivity index (χ1n) is 3.73. The molecular formula is C7H14N2O2. The zero-order valence-corrected chi connectivity index (χ0v) is 6.94. The average Bonchev–Trinajstić information content (AvgIpc) is 2.38. The van der Waals surface area contributed by atoms with Gasteiger partial charge in [-0.15, -0.1) is 0 Å². The molecule has 2 N–H and O–H groups in total. The molecule has 0 spiro atoms. The summed E-state index contributed by atoms with van der Waals surface area (Å²) in [5, 5.41) is 3.14. The van der Waals surface area contributed by atoms with E-state index in [0.29, 0.717) is 0 Å². The summed E-state index contributed by atoms with van der Waals surface area (Å²) in [7, 11) is 1.45. The van der Waals surface area contributed by atoms with Gasteiger partial charge in [-0.1, -0.05) is 0 Å². The van der Waals surface area contributed by atoms with Gasteiger partial charge < -0.3 is 5.32 Å². The lowest BCUT2D eigenvalue weighted by Gasteiger charge is -2.19. The molecule has 1 unspecified atom stereocenters. The van der Waals surface area contributed by atoms with Crippen LogP contribution in [0, 0.1) is 5.41 Å². The highest BCUT2D eigenvalue weighted by atomic mass is 16.6. The minimum Gasteiger partial charge on any atom is -0.316 e. The van der Waals surface area contributed by atoms with Crippen LogP contribution in [0.1, 0.15) is 13.3 Å². The molecule has 11 heavy (non-hydrogen) atoms. The standard InChI is InChI=1S/C7H14N2O2/c1-7(3-4-8-5-7)6(10)9-11-2/h8H,3-5H2,1-2H3,(H,9,10). The lowest BCUT2D eigenvalue weighted by atomic mass is 9.89. The fourth-order valence-corrected chi connectivity index (χ4v) is 1.23. The van der Waals surface area contributed by atoms with E-state index < -0.39 is 0 Å². The first-order chi connectivity index (χ1) is 5.19. The molecule has 1 aliphatic heterocycles. The highest BCUT2D eigenvalue weighted by Crippen LogP contribution is 2.24. The fraction of sp³-hybridized carbons (Fsp3) is 0.857. The van der Waals surface area contributed by atoms with Crippen molar-refractivity contribution in [1.29, 1.82) is 0 Å². The Bertz CT molecular complexity index is 153. The predicted octanol–water partition coefficient (Wildman–Crippen LogP) is -0.336. The van der Waals surface area contributed by atoms with E-state index in [-0.39, 0.29) is 11.3 Å². The van der Waals surface area contributed by atoms with Crippen molar-refractivity contribution in [1.82, 2.24) is 10.8 Å².